The van der Waals surface area contributed by atoms with E-state index in [1.165, 1.54) is 0 Å². The van der Waals surface area contributed by atoms with Crippen molar-refractivity contribution in [3.63, 3.8) is 0 Å². The predicted octanol–water partition coefficient (Wildman–Crippen LogP) is 3.31. The summed E-state index contributed by atoms with van der Waals surface area (Å²) >= 11 is 5.78. The Hall–Kier alpha value is -2.73. The minimum absolute atomic E-state index is 0.00315. The van der Waals surface area contributed by atoms with Gasteiger partial charge in [0.15, 0.2) is 6.61 Å². The number of carbonyl (C=O) groups is 2. The Morgan fingerprint density at radius 3 is 2.55 bits per heavy atom. The molecule has 0 unspecified atom stereocenters. The number of hydrogen-bond donors (Lipinski definition) is 3. The maximum absolute atomic E-state index is 11.9. The van der Waals surface area contributed by atoms with Gasteiger partial charge >= 0.3 is 6.03 Å². The number of hydrogen-bond acceptors (Lipinski definition) is 3. The Balaban J connectivity index is 1.67. The fourth-order valence-electron chi connectivity index (χ4n) is 1.99. The molecule has 2 aromatic carbocycles. The highest BCUT2D eigenvalue weighted by atomic mass is 35.5. The Kier molecular flexibility index (Phi) is 3.84. The maximum Gasteiger partial charge on any atom is 0.323 e. The molecule has 0 atom stereocenters. The van der Waals surface area contributed by atoms with Crippen LogP contribution in [0.1, 0.15) is 0 Å². The Morgan fingerprint density at radius 2 is 1.77 bits per heavy atom. The van der Waals surface area contributed by atoms with Crippen LogP contribution >= 0.6 is 11.6 Å². The van der Waals surface area contributed by atoms with Gasteiger partial charge in [-0.2, -0.15) is 0 Å². The van der Waals surface area contributed by atoms with Crippen LogP contribution in [-0.4, -0.2) is 18.5 Å². The molecule has 22 heavy (non-hydrogen) atoms. The summed E-state index contributed by atoms with van der Waals surface area (Å²) < 4.78 is 5.25. The van der Waals surface area contributed by atoms with Crippen LogP contribution in [0.25, 0.3) is 0 Å². The molecule has 112 valence electrons. The van der Waals surface area contributed by atoms with E-state index >= 15 is 0 Å². The first-order valence-electron chi connectivity index (χ1n) is 6.50. The first-order chi connectivity index (χ1) is 10.6. The van der Waals surface area contributed by atoms with Crippen LogP contribution < -0.4 is 20.7 Å². The largest absolute Gasteiger partial charge is 0.482 e. The number of rotatable bonds is 2. The quantitative estimate of drug-likeness (QED) is 0.795. The van der Waals surface area contributed by atoms with Gasteiger partial charge in [0.25, 0.3) is 5.91 Å². The fraction of sp³-hybridized carbons (Fsp3) is 0.0667. The zero-order valence-corrected chi connectivity index (χ0v) is 12.1. The van der Waals surface area contributed by atoms with Gasteiger partial charge in [-0.15, -0.1) is 0 Å². The van der Waals surface area contributed by atoms with Crippen LogP contribution in [0.2, 0.25) is 5.02 Å². The van der Waals surface area contributed by atoms with E-state index in [-0.39, 0.29) is 12.5 Å². The first-order valence-corrected chi connectivity index (χ1v) is 6.88. The molecule has 0 fully saturated rings. The second-order valence-electron chi connectivity index (χ2n) is 4.63. The summed E-state index contributed by atoms with van der Waals surface area (Å²) in [6, 6.07) is 11.4. The van der Waals surface area contributed by atoms with Crippen LogP contribution in [0, 0.1) is 0 Å². The van der Waals surface area contributed by atoms with E-state index in [1.807, 2.05) is 0 Å². The van der Waals surface area contributed by atoms with Crippen molar-refractivity contribution >= 4 is 40.6 Å². The lowest BCUT2D eigenvalue weighted by Crippen LogP contribution is -2.25. The molecule has 0 saturated heterocycles. The second-order valence-corrected chi connectivity index (χ2v) is 5.07. The molecule has 0 bridgehead atoms. The van der Waals surface area contributed by atoms with E-state index in [9.17, 15) is 9.59 Å². The van der Waals surface area contributed by atoms with Crippen molar-refractivity contribution in [2.75, 3.05) is 22.6 Å². The van der Waals surface area contributed by atoms with E-state index in [4.69, 9.17) is 16.3 Å². The average Bonchev–Trinajstić information content (AvgIpc) is 2.49. The van der Waals surface area contributed by atoms with Gasteiger partial charge in [0.1, 0.15) is 5.75 Å². The smallest absolute Gasteiger partial charge is 0.323 e. The van der Waals surface area contributed by atoms with Crippen molar-refractivity contribution in [2.45, 2.75) is 0 Å². The van der Waals surface area contributed by atoms with Crippen molar-refractivity contribution < 1.29 is 14.3 Å². The molecule has 3 rings (SSSR count). The summed E-state index contributed by atoms with van der Waals surface area (Å²) in [6.07, 6.45) is 0. The fourth-order valence-corrected chi connectivity index (χ4v) is 2.11. The number of benzene rings is 2. The van der Waals surface area contributed by atoms with Gasteiger partial charge in [-0.3, -0.25) is 4.79 Å². The lowest BCUT2D eigenvalue weighted by Gasteiger charge is -2.18. The monoisotopic (exact) mass is 317 g/mol. The third kappa shape index (κ3) is 3.29. The molecular formula is C15H12ClN3O3. The minimum Gasteiger partial charge on any atom is -0.482 e. The Morgan fingerprint density at radius 1 is 1.09 bits per heavy atom. The molecule has 0 aromatic heterocycles. The topological polar surface area (TPSA) is 79.5 Å². The van der Waals surface area contributed by atoms with Gasteiger partial charge < -0.3 is 20.7 Å². The number of fused-ring (bicyclic) bond motifs is 1. The van der Waals surface area contributed by atoms with Crippen molar-refractivity contribution in [2.24, 2.45) is 0 Å². The molecule has 0 radical (unpaired) electrons. The van der Waals surface area contributed by atoms with Gasteiger partial charge in [0.2, 0.25) is 0 Å². The molecule has 2 aromatic rings. The highest BCUT2D eigenvalue weighted by molar-refractivity contribution is 6.30. The summed E-state index contributed by atoms with van der Waals surface area (Å²) in [5.74, 6) is 0.346. The summed E-state index contributed by atoms with van der Waals surface area (Å²) in [4.78, 5) is 23.2. The molecule has 6 nitrogen and oxygen atoms in total. The number of anilines is 3. The molecule has 0 saturated carbocycles. The molecule has 1 aliphatic rings. The molecular weight excluding hydrogens is 306 g/mol. The summed E-state index contributed by atoms with van der Waals surface area (Å²) in [6.45, 7) is -0.00315. The van der Waals surface area contributed by atoms with Gasteiger partial charge in [-0.05, 0) is 42.5 Å². The zero-order valence-electron chi connectivity index (χ0n) is 11.4. The number of nitrogens with one attached hydrogen (secondary N) is 3. The van der Waals surface area contributed by atoms with Gasteiger partial charge in [0, 0.05) is 16.4 Å². The Bertz CT molecular complexity index is 731. The predicted molar refractivity (Wildman–Crippen MR) is 84.7 cm³/mol. The average molecular weight is 318 g/mol. The van der Waals surface area contributed by atoms with E-state index < -0.39 is 6.03 Å². The van der Waals surface area contributed by atoms with Crippen LogP contribution in [0.4, 0.5) is 21.9 Å². The van der Waals surface area contributed by atoms with Crippen molar-refractivity contribution in [3.8, 4) is 5.75 Å². The molecule has 3 amide bonds. The summed E-state index contributed by atoms with van der Waals surface area (Å²) in [5, 5.41) is 8.63. The highest BCUT2D eigenvalue weighted by Gasteiger charge is 2.16. The van der Waals surface area contributed by atoms with Gasteiger partial charge in [-0.1, -0.05) is 11.6 Å². The highest BCUT2D eigenvalue weighted by Crippen LogP contribution is 2.30. The lowest BCUT2D eigenvalue weighted by molar-refractivity contribution is -0.118. The molecule has 1 heterocycles. The van der Waals surface area contributed by atoms with E-state index in [0.29, 0.717) is 27.8 Å². The summed E-state index contributed by atoms with van der Waals surface area (Å²) in [7, 11) is 0. The number of ether oxygens (including phenoxy) is 1. The van der Waals surface area contributed by atoms with E-state index in [2.05, 4.69) is 16.0 Å². The summed E-state index contributed by atoms with van der Waals surface area (Å²) in [5.41, 5.74) is 1.69. The standard InChI is InChI=1S/C15H12ClN3O3/c16-9-1-3-10(4-2-9)17-15(21)18-11-5-6-13-12(7-11)19-14(20)8-22-13/h1-7H,8H2,(H,19,20)(H2,17,18,21). The molecule has 3 N–H and O–H groups in total. The van der Waals surface area contributed by atoms with Crippen molar-refractivity contribution in [1.29, 1.82) is 0 Å². The minimum atomic E-state index is -0.398. The van der Waals surface area contributed by atoms with E-state index in [0.717, 1.165) is 0 Å². The van der Waals surface area contributed by atoms with E-state index in [1.54, 1.807) is 42.5 Å². The van der Waals surface area contributed by atoms with Crippen molar-refractivity contribution in [3.05, 3.63) is 47.5 Å². The molecule has 0 aliphatic carbocycles. The van der Waals surface area contributed by atoms with Crippen LogP contribution in [0.3, 0.4) is 0 Å². The Labute approximate surface area is 131 Å². The number of halogens is 1. The van der Waals surface area contributed by atoms with Crippen LogP contribution in [0.15, 0.2) is 42.5 Å². The van der Waals surface area contributed by atoms with Gasteiger partial charge in [0.05, 0.1) is 5.69 Å². The maximum atomic E-state index is 11.9. The molecule has 0 spiro atoms. The number of amides is 3. The molecule has 7 heteroatoms. The SMILES string of the molecule is O=C1COc2ccc(NC(=O)Nc3ccc(Cl)cc3)cc2N1. The first kappa shape index (κ1) is 14.2. The normalized spacial score (nSPS) is 12.7. The second kappa shape index (κ2) is 5.95. The lowest BCUT2D eigenvalue weighted by atomic mass is 10.2. The number of urea groups is 1. The number of carbonyl (C=O) groups excluding carboxylic acids is 2. The van der Waals surface area contributed by atoms with Crippen molar-refractivity contribution in [1.82, 2.24) is 0 Å². The van der Waals surface area contributed by atoms with Crippen LogP contribution in [0.5, 0.6) is 5.75 Å². The zero-order chi connectivity index (χ0) is 15.5. The third-order valence-electron chi connectivity index (χ3n) is 2.97. The third-order valence-corrected chi connectivity index (χ3v) is 3.22. The van der Waals surface area contributed by atoms with Crippen LogP contribution in [-0.2, 0) is 4.79 Å². The molecule has 1 aliphatic heterocycles. The van der Waals surface area contributed by atoms with Gasteiger partial charge in [-0.25, -0.2) is 4.79 Å².